The first-order chi connectivity index (χ1) is 11.1. The fraction of sp³-hybridized carbons (Fsp3) is 0.471. The molecule has 0 bridgehead atoms. The van der Waals surface area contributed by atoms with Crippen LogP contribution in [0.2, 0.25) is 0 Å². The van der Waals surface area contributed by atoms with Crippen LogP contribution in [-0.2, 0) is 33.4 Å². The second-order valence-electron chi connectivity index (χ2n) is 5.16. The van der Waals surface area contributed by atoms with Gasteiger partial charge < -0.3 is 14.1 Å². The molecular formula is C17H28N6. The minimum absolute atomic E-state index is 1.03. The van der Waals surface area contributed by atoms with E-state index in [1.165, 1.54) is 11.4 Å². The Morgan fingerprint density at radius 2 is 1.74 bits per heavy atom. The van der Waals surface area contributed by atoms with Gasteiger partial charge in [0.05, 0.1) is 24.7 Å². The van der Waals surface area contributed by atoms with Crippen LogP contribution in [0.5, 0.6) is 0 Å². The van der Waals surface area contributed by atoms with Crippen molar-refractivity contribution < 1.29 is 0 Å². The van der Waals surface area contributed by atoms with Crippen LogP contribution >= 0.6 is 0 Å². The van der Waals surface area contributed by atoms with Crippen molar-refractivity contribution in [3.63, 3.8) is 0 Å². The molecule has 0 saturated carbocycles. The molecule has 0 saturated heterocycles. The lowest BCUT2D eigenvalue weighted by atomic mass is 10.4. The van der Waals surface area contributed by atoms with Crippen molar-refractivity contribution in [1.82, 2.24) is 29.1 Å². The van der Waals surface area contributed by atoms with Gasteiger partial charge in [-0.1, -0.05) is 20.8 Å². The summed E-state index contributed by atoms with van der Waals surface area (Å²) < 4.78 is 3.98. The smallest absolute Gasteiger partial charge is 0.0946 e. The van der Waals surface area contributed by atoms with E-state index in [0.717, 1.165) is 25.0 Å². The van der Waals surface area contributed by atoms with Crippen LogP contribution in [0.1, 0.15) is 37.9 Å². The molecule has 0 aliphatic carbocycles. The highest BCUT2D eigenvalue weighted by molar-refractivity contribution is 4.96. The minimum atomic E-state index is 1.03. The molecule has 3 heterocycles. The normalized spacial score (nSPS) is 9.61. The number of nitrogens with one attached hydrogen (secondary N) is 1. The summed E-state index contributed by atoms with van der Waals surface area (Å²) in [6, 6.07) is 0. The van der Waals surface area contributed by atoms with Gasteiger partial charge in [-0.3, -0.25) is 0 Å². The highest BCUT2D eigenvalue weighted by Gasteiger charge is 1.90. The first-order valence-electron chi connectivity index (χ1n) is 7.99. The number of aromatic nitrogens is 6. The second kappa shape index (κ2) is 10.4. The van der Waals surface area contributed by atoms with Gasteiger partial charge in [0.15, 0.2) is 0 Å². The summed E-state index contributed by atoms with van der Waals surface area (Å²) in [5.74, 6) is 0. The zero-order chi connectivity index (χ0) is 17.1. The zero-order valence-corrected chi connectivity index (χ0v) is 14.8. The fourth-order valence-electron chi connectivity index (χ4n) is 1.85. The number of aryl methyl sites for hydroxylation is 5. The fourth-order valence-corrected chi connectivity index (χ4v) is 1.85. The topological polar surface area (TPSA) is 64.3 Å². The molecule has 1 N–H and O–H groups in total. The molecule has 126 valence electrons. The average Bonchev–Trinajstić information content (AvgIpc) is 3.30. The molecule has 6 nitrogen and oxygen atoms in total. The van der Waals surface area contributed by atoms with Crippen molar-refractivity contribution in [2.45, 2.75) is 40.0 Å². The van der Waals surface area contributed by atoms with Gasteiger partial charge in [-0.25, -0.2) is 15.0 Å². The van der Waals surface area contributed by atoms with E-state index >= 15 is 0 Å². The SMILES string of the molecule is CCc1cn(C)cn1.CCc1cnc[nH]1.CCc1cncn1C. The van der Waals surface area contributed by atoms with Gasteiger partial charge in [0.2, 0.25) is 0 Å². The Morgan fingerprint density at radius 3 is 2.00 bits per heavy atom. The Hall–Kier alpha value is -2.37. The van der Waals surface area contributed by atoms with Gasteiger partial charge in [-0.05, 0) is 19.3 Å². The van der Waals surface area contributed by atoms with E-state index in [2.05, 4.69) is 40.7 Å². The Labute approximate surface area is 138 Å². The third kappa shape index (κ3) is 6.95. The highest BCUT2D eigenvalue weighted by atomic mass is 15.0. The number of aromatic amines is 1. The lowest BCUT2D eigenvalue weighted by Crippen LogP contribution is -1.90. The summed E-state index contributed by atoms with van der Waals surface area (Å²) in [5, 5.41) is 0. The molecule has 3 aromatic rings. The Bertz CT molecular complexity index is 636. The van der Waals surface area contributed by atoms with Crippen molar-refractivity contribution in [2.24, 2.45) is 14.1 Å². The molecule has 0 atom stereocenters. The van der Waals surface area contributed by atoms with Gasteiger partial charge in [0, 0.05) is 44.1 Å². The molecule has 23 heavy (non-hydrogen) atoms. The van der Waals surface area contributed by atoms with Gasteiger partial charge in [0.1, 0.15) is 0 Å². The number of H-pyrrole nitrogens is 1. The van der Waals surface area contributed by atoms with Crippen LogP contribution in [0, 0.1) is 0 Å². The molecule has 3 aromatic heterocycles. The van der Waals surface area contributed by atoms with Crippen LogP contribution in [0.3, 0.4) is 0 Å². The summed E-state index contributed by atoms with van der Waals surface area (Å²) in [6.07, 6.45) is 14.2. The average molecular weight is 316 g/mol. The molecule has 0 spiro atoms. The predicted molar refractivity (Wildman–Crippen MR) is 93.1 cm³/mol. The Morgan fingerprint density at radius 1 is 0.957 bits per heavy atom. The van der Waals surface area contributed by atoms with E-state index in [0.29, 0.717) is 0 Å². The first kappa shape index (κ1) is 18.7. The highest BCUT2D eigenvalue weighted by Crippen LogP contribution is 1.94. The van der Waals surface area contributed by atoms with Gasteiger partial charge in [-0.2, -0.15) is 0 Å². The largest absolute Gasteiger partial charge is 0.349 e. The van der Waals surface area contributed by atoms with E-state index in [4.69, 9.17) is 0 Å². The number of hydrogen-bond acceptors (Lipinski definition) is 3. The number of hydrogen-bond donors (Lipinski definition) is 1. The molecular weight excluding hydrogens is 288 g/mol. The van der Waals surface area contributed by atoms with Crippen LogP contribution in [0.15, 0.2) is 37.6 Å². The molecule has 3 rings (SSSR count). The molecule has 0 aromatic carbocycles. The monoisotopic (exact) mass is 316 g/mol. The zero-order valence-electron chi connectivity index (χ0n) is 14.8. The molecule has 6 heteroatoms. The molecule has 0 unspecified atom stereocenters. The van der Waals surface area contributed by atoms with Gasteiger partial charge in [-0.15, -0.1) is 0 Å². The summed E-state index contributed by atoms with van der Waals surface area (Å²) in [5.41, 5.74) is 3.64. The van der Waals surface area contributed by atoms with Crippen molar-refractivity contribution in [1.29, 1.82) is 0 Å². The molecule has 0 fully saturated rings. The maximum absolute atomic E-state index is 4.10. The standard InChI is InChI=1S/2C6H10N2.C5H8N2/c1-3-6-4-8(2)5-7-6;1-3-6-4-7-5-8(6)2;1-2-5-3-6-4-7-5/h2*4-5H,3H2,1-2H3;3-4H,2H2,1H3,(H,6,7). The van der Waals surface area contributed by atoms with Crippen LogP contribution in [0.4, 0.5) is 0 Å². The quantitative estimate of drug-likeness (QED) is 0.808. The van der Waals surface area contributed by atoms with Crippen LogP contribution in [0.25, 0.3) is 0 Å². The van der Waals surface area contributed by atoms with Gasteiger partial charge >= 0.3 is 0 Å². The van der Waals surface area contributed by atoms with Crippen LogP contribution < -0.4 is 0 Å². The number of imidazole rings is 3. The van der Waals surface area contributed by atoms with E-state index < -0.39 is 0 Å². The Balaban J connectivity index is 0.000000173. The van der Waals surface area contributed by atoms with Crippen molar-refractivity contribution in [3.8, 4) is 0 Å². The summed E-state index contributed by atoms with van der Waals surface area (Å²) in [4.78, 5) is 14.9. The lowest BCUT2D eigenvalue weighted by molar-refractivity contribution is 0.833. The summed E-state index contributed by atoms with van der Waals surface area (Å²) >= 11 is 0. The van der Waals surface area contributed by atoms with Crippen molar-refractivity contribution >= 4 is 0 Å². The predicted octanol–water partition coefficient (Wildman–Crippen LogP) is 2.94. The third-order valence-electron chi connectivity index (χ3n) is 3.34. The summed E-state index contributed by atoms with van der Waals surface area (Å²) in [6.45, 7) is 6.31. The molecule has 0 aliphatic heterocycles. The Kier molecular flexibility index (Phi) is 8.42. The lowest BCUT2D eigenvalue weighted by Gasteiger charge is -1.93. The van der Waals surface area contributed by atoms with E-state index in [-0.39, 0.29) is 0 Å². The van der Waals surface area contributed by atoms with Crippen molar-refractivity contribution in [3.05, 3.63) is 54.7 Å². The molecule has 0 aliphatic rings. The van der Waals surface area contributed by atoms with E-state index in [1.54, 1.807) is 6.33 Å². The first-order valence-corrected chi connectivity index (χ1v) is 7.99. The third-order valence-corrected chi connectivity index (χ3v) is 3.34. The maximum atomic E-state index is 4.10. The molecule has 0 radical (unpaired) electrons. The van der Waals surface area contributed by atoms with Crippen LogP contribution in [-0.4, -0.2) is 29.1 Å². The van der Waals surface area contributed by atoms with Crippen molar-refractivity contribution in [2.75, 3.05) is 0 Å². The summed E-state index contributed by atoms with van der Waals surface area (Å²) in [7, 11) is 3.98. The number of rotatable bonds is 3. The van der Waals surface area contributed by atoms with E-state index in [1.807, 2.05) is 54.5 Å². The minimum Gasteiger partial charge on any atom is -0.349 e. The number of nitrogens with zero attached hydrogens (tertiary/aromatic N) is 5. The second-order valence-corrected chi connectivity index (χ2v) is 5.16. The van der Waals surface area contributed by atoms with Gasteiger partial charge in [0.25, 0.3) is 0 Å². The molecule has 0 amide bonds. The maximum Gasteiger partial charge on any atom is 0.0946 e. The van der Waals surface area contributed by atoms with E-state index in [9.17, 15) is 0 Å².